The van der Waals surface area contributed by atoms with Crippen molar-refractivity contribution in [2.24, 2.45) is 0 Å². The SMILES string of the molecule is COc1ccc(C(=O)N2CCN(c3ccc(NC(=O)CSc4nnc(-c5ccco5)o4)cc3)CC2)cc1. The summed E-state index contributed by atoms with van der Waals surface area (Å²) in [5, 5.41) is 11.0. The van der Waals surface area contributed by atoms with Crippen LogP contribution in [0.1, 0.15) is 10.4 Å². The maximum absolute atomic E-state index is 12.8. The van der Waals surface area contributed by atoms with Crippen molar-refractivity contribution in [2.75, 3.05) is 49.3 Å². The van der Waals surface area contributed by atoms with Gasteiger partial charge in [-0.25, -0.2) is 0 Å². The third-order valence-electron chi connectivity index (χ3n) is 5.89. The Morgan fingerprint density at radius 2 is 1.76 bits per heavy atom. The van der Waals surface area contributed by atoms with Gasteiger partial charge in [0.2, 0.25) is 5.91 Å². The van der Waals surface area contributed by atoms with E-state index in [0.29, 0.717) is 35.3 Å². The van der Waals surface area contributed by atoms with Crippen LogP contribution in [0.3, 0.4) is 0 Å². The lowest BCUT2D eigenvalue weighted by Crippen LogP contribution is -2.48. The molecule has 3 heterocycles. The second kappa shape index (κ2) is 11.2. The van der Waals surface area contributed by atoms with Gasteiger partial charge in [-0.05, 0) is 60.7 Å². The molecule has 0 saturated carbocycles. The number of carbonyl (C=O) groups is 2. The zero-order valence-corrected chi connectivity index (χ0v) is 20.9. The highest BCUT2D eigenvalue weighted by Crippen LogP contribution is 2.24. The van der Waals surface area contributed by atoms with Gasteiger partial charge in [-0.2, -0.15) is 0 Å². The molecule has 0 bridgehead atoms. The lowest BCUT2D eigenvalue weighted by molar-refractivity contribution is -0.113. The predicted octanol–water partition coefficient (Wildman–Crippen LogP) is 4.03. The summed E-state index contributed by atoms with van der Waals surface area (Å²) in [4.78, 5) is 29.3. The Morgan fingerprint density at radius 3 is 2.43 bits per heavy atom. The third-order valence-corrected chi connectivity index (χ3v) is 6.70. The van der Waals surface area contributed by atoms with Crippen molar-refractivity contribution in [2.45, 2.75) is 5.22 Å². The van der Waals surface area contributed by atoms with Gasteiger partial charge >= 0.3 is 0 Å². The van der Waals surface area contributed by atoms with Gasteiger partial charge in [-0.3, -0.25) is 9.59 Å². The molecule has 190 valence electrons. The number of thioether (sulfide) groups is 1. The van der Waals surface area contributed by atoms with Crippen LogP contribution in [0.15, 0.2) is 81.0 Å². The van der Waals surface area contributed by atoms with E-state index in [9.17, 15) is 9.59 Å². The Kier molecular flexibility index (Phi) is 7.41. The Bertz CT molecular complexity index is 1330. The lowest BCUT2D eigenvalue weighted by Gasteiger charge is -2.36. The van der Waals surface area contributed by atoms with Crippen molar-refractivity contribution in [1.82, 2.24) is 15.1 Å². The molecule has 0 spiro atoms. The monoisotopic (exact) mass is 519 g/mol. The number of ether oxygens (including phenoxy) is 1. The van der Waals surface area contributed by atoms with Crippen LogP contribution in [0.25, 0.3) is 11.7 Å². The summed E-state index contributed by atoms with van der Waals surface area (Å²) in [6.07, 6.45) is 1.52. The number of methoxy groups -OCH3 is 1. The summed E-state index contributed by atoms with van der Waals surface area (Å²) in [6.45, 7) is 2.73. The van der Waals surface area contributed by atoms with Crippen LogP contribution in [0.4, 0.5) is 11.4 Å². The van der Waals surface area contributed by atoms with Gasteiger partial charge in [0.15, 0.2) is 5.76 Å². The molecule has 1 N–H and O–H groups in total. The number of benzene rings is 2. The van der Waals surface area contributed by atoms with Crippen molar-refractivity contribution >= 4 is 35.0 Å². The lowest BCUT2D eigenvalue weighted by atomic mass is 10.1. The summed E-state index contributed by atoms with van der Waals surface area (Å²) >= 11 is 1.15. The molecule has 1 aliphatic heterocycles. The number of hydrogen-bond donors (Lipinski definition) is 1. The number of furan rings is 1. The molecule has 1 fully saturated rings. The Balaban J connectivity index is 1.08. The van der Waals surface area contributed by atoms with Crippen LogP contribution in [0.5, 0.6) is 5.75 Å². The quantitative estimate of drug-likeness (QED) is 0.345. The molecule has 11 heteroatoms. The zero-order valence-electron chi connectivity index (χ0n) is 20.1. The first-order chi connectivity index (χ1) is 18.1. The van der Waals surface area contributed by atoms with Crippen LogP contribution in [0.2, 0.25) is 0 Å². The van der Waals surface area contributed by atoms with Crippen LogP contribution in [0, 0.1) is 0 Å². The average molecular weight is 520 g/mol. The molecule has 5 rings (SSSR count). The maximum Gasteiger partial charge on any atom is 0.284 e. The molecule has 2 aromatic carbocycles. The van der Waals surface area contributed by atoms with Gasteiger partial charge in [-0.1, -0.05) is 11.8 Å². The topological polar surface area (TPSA) is 114 Å². The largest absolute Gasteiger partial charge is 0.497 e. The highest BCUT2D eigenvalue weighted by Gasteiger charge is 2.22. The maximum atomic E-state index is 12.8. The molecule has 2 aromatic heterocycles. The summed E-state index contributed by atoms with van der Waals surface area (Å²) in [7, 11) is 1.60. The van der Waals surface area contributed by atoms with Crippen molar-refractivity contribution in [3.05, 3.63) is 72.5 Å². The number of nitrogens with zero attached hydrogens (tertiary/aromatic N) is 4. The summed E-state index contributed by atoms with van der Waals surface area (Å²) in [5.41, 5.74) is 2.40. The molecule has 0 atom stereocenters. The summed E-state index contributed by atoms with van der Waals surface area (Å²) in [5.74, 6) is 1.46. The van der Waals surface area contributed by atoms with E-state index in [4.69, 9.17) is 13.6 Å². The Morgan fingerprint density at radius 1 is 1.00 bits per heavy atom. The minimum atomic E-state index is -0.179. The van der Waals surface area contributed by atoms with E-state index in [2.05, 4.69) is 20.4 Å². The van der Waals surface area contributed by atoms with Crippen molar-refractivity contribution < 1.29 is 23.2 Å². The van der Waals surface area contributed by atoms with E-state index < -0.39 is 0 Å². The van der Waals surface area contributed by atoms with Crippen LogP contribution < -0.4 is 15.0 Å². The number of piperazine rings is 1. The number of aromatic nitrogens is 2. The van der Waals surface area contributed by atoms with Crippen molar-refractivity contribution in [3.63, 3.8) is 0 Å². The molecule has 10 nitrogen and oxygen atoms in total. The van der Waals surface area contributed by atoms with Gasteiger partial charge in [-0.15, -0.1) is 10.2 Å². The number of nitrogens with one attached hydrogen (secondary N) is 1. The van der Waals surface area contributed by atoms with Crippen molar-refractivity contribution in [1.29, 1.82) is 0 Å². The summed E-state index contributed by atoms with van der Waals surface area (Å²) in [6, 6.07) is 18.3. The highest BCUT2D eigenvalue weighted by atomic mass is 32.2. The zero-order chi connectivity index (χ0) is 25.6. The van der Waals surface area contributed by atoms with Gasteiger partial charge in [0.1, 0.15) is 5.75 Å². The second-order valence-electron chi connectivity index (χ2n) is 8.24. The normalized spacial score (nSPS) is 13.4. The first-order valence-electron chi connectivity index (χ1n) is 11.7. The molecule has 4 aromatic rings. The molecule has 37 heavy (non-hydrogen) atoms. The van der Waals surface area contributed by atoms with E-state index in [0.717, 1.165) is 36.3 Å². The van der Waals surface area contributed by atoms with Crippen molar-refractivity contribution in [3.8, 4) is 17.4 Å². The summed E-state index contributed by atoms with van der Waals surface area (Å²) < 4.78 is 15.9. The fourth-order valence-corrected chi connectivity index (χ4v) is 4.49. The number of hydrogen-bond acceptors (Lipinski definition) is 9. The standard InChI is InChI=1S/C26H25N5O5S/c1-34-21-10-4-18(5-11-21)25(33)31-14-12-30(13-15-31)20-8-6-19(7-9-20)27-23(32)17-37-26-29-28-24(36-26)22-3-2-16-35-22/h2-11,16H,12-15,17H2,1H3,(H,27,32). The number of rotatable bonds is 8. The van der Waals surface area contributed by atoms with E-state index in [-0.39, 0.29) is 23.5 Å². The second-order valence-corrected chi connectivity index (χ2v) is 9.17. The fraction of sp³-hybridized carbons (Fsp3) is 0.231. The minimum absolute atomic E-state index is 0.0240. The molecular formula is C26H25N5O5S. The minimum Gasteiger partial charge on any atom is -0.497 e. The molecule has 2 amide bonds. The first kappa shape index (κ1) is 24.4. The fourth-order valence-electron chi connectivity index (χ4n) is 3.93. The number of carbonyl (C=O) groups excluding carboxylic acids is 2. The first-order valence-corrected chi connectivity index (χ1v) is 12.7. The molecular weight excluding hydrogens is 494 g/mol. The van der Waals surface area contributed by atoms with Crippen LogP contribution in [-0.2, 0) is 4.79 Å². The molecule has 1 aliphatic rings. The number of amides is 2. The van der Waals surface area contributed by atoms with E-state index in [1.807, 2.05) is 29.2 Å². The number of anilines is 2. The third kappa shape index (κ3) is 5.95. The molecule has 0 unspecified atom stereocenters. The van der Waals surface area contributed by atoms with Gasteiger partial charge < -0.3 is 28.7 Å². The predicted molar refractivity (Wildman–Crippen MR) is 139 cm³/mol. The smallest absolute Gasteiger partial charge is 0.284 e. The van der Waals surface area contributed by atoms with Gasteiger partial charge in [0, 0.05) is 43.1 Å². The highest BCUT2D eigenvalue weighted by molar-refractivity contribution is 7.99. The van der Waals surface area contributed by atoms with Gasteiger partial charge in [0.25, 0.3) is 17.0 Å². The molecule has 0 radical (unpaired) electrons. The van der Waals surface area contributed by atoms with E-state index in [1.54, 1.807) is 43.5 Å². The van der Waals surface area contributed by atoms with Crippen LogP contribution in [-0.4, -0.2) is 66.0 Å². The van der Waals surface area contributed by atoms with Crippen LogP contribution >= 0.6 is 11.8 Å². The average Bonchev–Trinajstić information content (AvgIpc) is 3.65. The molecule has 0 aliphatic carbocycles. The Hall–Kier alpha value is -4.25. The molecule has 1 saturated heterocycles. The van der Waals surface area contributed by atoms with Gasteiger partial charge in [0.05, 0.1) is 19.1 Å². The van der Waals surface area contributed by atoms with E-state index in [1.165, 1.54) is 6.26 Å². The van der Waals surface area contributed by atoms with E-state index >= 15 is 0 Å². The Labute approximate surface area is 217 Å².